The second kappa shape index (κ2) is 8.24. The van der Waals surface area contributed by atoms with Gasteiger partial charge in [-0.05, 0) is 37.6 Å². The predicted octanol–water partition coefficient (Wildman–Crippen LogP) is 1.91. The largest absolute Gasteiger partial charge is 0.494 e. The Bertz CT molecular complexity index is 484. The van der Waals surface area contributed by atoms with Gasteiger partial charge in [0.25, 0.3) is 0 Å². The van der Waals surface area contributed by atoms with Crippen LogP contribution in [-0.2, 0) is 10.0 Å². The van der Waals surface area contributed by atoms with Crippen LogP contribution in [0.5, 0.6) is 5.75 Å². The maximum atomic E-state index is 12.1. The van der Waals surface area contributed by atoms with Gasteiger partial charge in [0.05, 0.1) is 11.5 Å². The first-order valence-electron chi connectivity index (χ1n) is 6.85. The first-order valence-corrected chi connectivity index (χ1v) is 8.34. The van der Waals surface area contributed by atoms with Gasteiger partial charge in [-0.2, -0.15) is 0 Å². The molecule has 0 radical (unpaired) electrons. The molecule has 114 valence electrons. The number of sulfonamides is 1. The maximum absolute atomic E-state index is 12.1. The number of nitrogens with one attached hydrogen (secondary N) is 1. The molecule has 6 heteroatoms. The molecule has 0 fully saturated rings. The van der Waals surface area contributed by atoms with Gasteiger partial charge >= 0.3 is 0 Å². The van der Waals surface area contributed by atoms with Crippen LogP contribution in [-0.4, -0.2) is 32.8 Å². The van der Waals surface area contributed by atoms with E-state index >= 15 is 0 Å². The highest BCUT2D eigenvalue weighted by molar-refractivity contribution is 7.89. The number of hydrogen-bond acceptors (Lipinski definition) is 4. The van der Waals surface area contributed by atoms with Crippen molar-refractivity contribution in [2.45, 2.75) is 44.0 Å². The fourth-order valence-electron chi connectivity index (χ4n) is 1.79. The molecule has 1 atom stereocenters. The molecule has 0 aliphatic carbocycles. The van der Waals surface area contributed by atoms with E-state index in [9.17, 15) is 8.42 Å². The van der Waals surface area contributed by atoms with Crippen molar-refractivity contribution < 1.29 is 18.3 Å². The third-order valence-electron chi connectivity index (χ3n) is 2.78. The van der Waals surface area contributed by atoms with Crippen LogP contribution in [0.3, 0.4) is 0 Å². The van der Waals surface area contributed by atoms with Crippen molar-refractivity contribution in [2.75, 3.05) is 13.2 Å². The van der Waals surface area contributed by atoms with Crippen LogP contribution in [0.1, 0.15) is 33.1 Å². The van der Waals surface area contributed by atoms with E-state index in [4.69, 9.17) is 9.84 Å². The third kappa shape index (κ3) is 5.48. The normalized spacial score (nSPS) is 13.2. The predicted molar refractivity (Wildman–Crippen MR) is 78.3 cm³/mol. The van der Waals surface area contributed by atoms with Gasteiger partial charge in [0.2, 0.25) is 10.0 Å². The zero-order valence-corrected chi connectivity index (χ0v) is 12.8. The molecular weight excluding hydrogens is 278 g/mol. The minimum absolute atomic E-state index is 0.0751. The number of aliphatic hydroxyl groups excluding tert-OH is 1. The molecule has 1 aromatic rings. The Morgan fingerprint density at radius 1 is 1.30 bits per heavy atom. The van der Waals surface area contributed by atoms with Gasteiger partial charge < -0.3 is 9.84 Å². The van der Waals surface area contributed by atoms with E-state index in [1.165, 1.54) is 12.1 Å². The minimum Gasteiger partial charge on any atom is -0.494 e. The van der Waals surface area contributed by atoms with E-state index in [1.54, 1.807) is 12.1 Å². The highest BCUT2D eigenvalue weighted by Crippen LogP contribution is 2.16. The summed E-state index contributed by atoms with van der Waals surface area (Å²) in [6, 6.07) is 6.21. The molecule has 5 nitrogen and oxygen atoms in total. The van der Waals surface area contributed by atoms with Crippen LogP contribution in [0.25, 0.3) is 0 Å². The fraction of sp³-hybridized carbons (Fsp3) is 0.571. The summed E-state index contributed by atoms with van der Waals surface area (Å²) in [4.78, 5) is 0.231. The van der Waals surface area contributed by atoms with Crippen LogP contribution in [0.4, 0.5) is 0 Å². The lowest BCUT2D eigenvalue weighted by Gasteiger charge is -2.13. The van der Waals surface area contributed by atoms with Crippen molar-refractivity contribution in [1.29, 1.82) is 0 Å². The molecular formula is C14H23NO4S. The first-order chi connectivity index (χ1) is 9.49. The lowest BCUT2D eigenvalue weighted by molar-refractivity contribution is 0.233. The van der Waals surface area contributed by atoms with Crippen molar-refractivity contribution in [3.8, 4) is 5.75 Å². The summed E-state index contributed by atoms with van der Waals surface area (Å²) < 4.78 is 32.2. The van der Waals surface area contributed by atoms with Gasteiger partial charge in [-0.3, -0.25) is 0 Å². The number of ether oxygens (including phenoxy) is 1. The second-order valence-electron chi connectivity index (χ2n) is 4.71. The molecule has 0 spiro atoms. The average molecular weight is 301 g/mol. The summed E-state index contributed by atoms with van der Waals surface area (Å²) in [5.74, 6) is 0.596. The molecule has 0 saturated heterocycles. The number of rotatable bonds is 9. The van der Waals surface area contributed by atoms with E-state index in [0.29, 0.717) is 18.8 Å². The number of benzene rings is 1. The summed E-state index contributed by atoms with van der Waals surface area (Å²) in [6.45, 7) is 4.36. The first kappa shape index (κ1) is 16.9. The zero-order chi connectivity index (χ0) is 15.0. The molecule has 2 N–H and O–H groups in total. The van der Waals surface area contributed by atoms with Crippen molar-refractivity contribution >= 4 is 10.0 Å². The highest BCUT2D eigenvalue weighted by atomic mass is 32.2. The summed E-state index contributed by atoms with van der Waals surface area (Å²) in [5, 5.41) is 8.66. The number of aliphatic hydroxyl groups is 1. The smallest absolute Gasteiger partial charge is 0.240 e. The summed E-state index contributed by atoms with van der Waals surface area (Å²) in [7, 11) is -3.47. The van der Waals surface area contributed by atoms with Crippen LogP contribution >= 0.6 is 0 Å². The average Bonchev–Trinajstić information content (AvgIpc) is 2.39. The third-order valence-corrected chi connectivity index (χ3v) is 4.39. The van der Waals surface area contributed by atoms with Gasteiger partial charge in [-0.1, -0.05) is 13.3 Å². The van der Waals surface area contributed by atoms with Gasteiger partial charge in [-0.25, -0.2) is 13.1 Å². The standard InChI is InChI=1S/C14H23NO4S/c1-3-5-12(2)15-20(17,18)14-8-6-13(7-9-14)19-11-4-10-16/h6-9,12,15-16H,3-5,10-11H2,1-2H3. The molecule has 0 saturated carbocycles. The molecule has 0 aromatic heterocycles. The van der Waals surface area contributed by atoms with Crippen LogP contribution < -0.4 is 9.46 Å². The molecule has 1 aromatic carbocycles. The van der Waals surface area contributed by atoms with E-state index < -0.39 is 10.0 Å². The molecule has 0 aliphatic heterocycles. The van der Waals surface area contributed by atoms with E-state index in [0.717, 1.165) is 12.8 Å². The Balaban J connectivity index is 2.66. The zero-order valence-electron chi connectivity index (χ0n) is 12.0. The highest BCUT2D eigenvalue weighted by Gasteiger charge is 2.16. The summed E-state index contributed by atoms with van der Waals surface area (Å²) in [5.41, 5.74) is 0. The Morgan fingerprint density at radius 3 is 2.50 bits per heavy atom. The maximum Gasteiger partial charge on any atom is 0.240 e. The van der Waals surface area contributed by atoms with Crippen molar-refractivity contribution in [3.05, 3.63) is 24.3 Å². The van der Waals surface area contributed by atoms with E-state index in [-0.39, 0.29) is 17.5 Å². The Labute approximate surface area is 121 Å². The summed E-state index contributed by atoms with van der Waals surface area (Å²) >= 11 is 0. The van der Waals surface area contributed by atoms with Gasteiger partial charge in [0.1, 0.15) is 5.75 Å². The van der Waals surface area contributed by atoms with Crippen molar-refractivity contribution in [2.24, 2.45) is 0 Å². The van der Waals surface area contributed by atoms with Crippen molar-refractivity contribution in [1.82, 2.24) is 4.72 Å². The van der Waals surface area contributed by atoms with E-state index in [2.05, 4.69) is 4.72 Å². The molecule has 1 unspecified atom stereocenters. The molecule has 0 amide bonds. The quantitative estimate of drug-likeness (QED) is 0.683. The lowest BCUT2D eigenvalue weighted by atomic mass is 10.2. The lowest BCUT2D eigenvalue weighted by Crippen LogP contribution is -2.32. The molecule has 1 rings (SSSR count). The van der Waals surface area contributed by atoms with Crippen molar-refractivity contribution in [3.63, 3.8) is 0 Å². The Morgan fingerprint density at radius 2 is 1.95 bits per heavy atom. The second-order valence-corrected chi connectivity index (χ2v) is 6.42. The fourth-order valence-corrected chi connectivity index (χ4v) is 3.07. The van der Waals surface area contributed by atoms with Crippen LogP contribution in [0, 0.1) is 0 Å². The Kier molecular flexibility index (Phi) is 6.98. The molecule has 0 heterocycles. The van der Waals surface area contributed by atoms with Gasteiger partial charge in [0, 0.05) is 19.1 Å². The topological polar surface area (TPSA) is 75.6 Å². The summed E-state index contributed by atoms with van der Waals surface area (Å²) in [6.07, 6.45) is 2.29. The molecule has 20 heavy (non-hydrogen) atoms. The molecule has 0 aliphatic rings. The number of hydrogen-bond donors (Lipinski definition) is 2. The monoisotopic (exact) mass is 301 g/mol. The van der Waals surface area contributed by atoms with Gasteiger partial charge in [-0.15, -0.1) is 0 Å². The van der Waals surface area contributed by atoms with Gasteiger partial charge in [0.15, 0.2) is 0 Å². The molecule has 0 bridgehead atoms. The Hall–Kier alpha value is -1.11. The SMILES string of the molecule is CCCC(C)NS(=O)(=O)c1ccc(OCCCO)cc1. The van der Waals surface area contributed by atoms with E-state index in [1.807, 2.05) is 13.8 Å². The van der Waals surface area contributed by atoms with Crippen LogP contribution in [0.2, 0.25) is 0 Å². The minimum atomic E-state index is -3.47. The van der Waals surface area contributed by atoms with Crippen LogP contribution in [0.15, 0.2) is 29.2 Å².